The van der Waals surface area contributed by atoms with Gasteiger partial charge in [-0.25, -0.2) is 15.0 Å². The first-order valence-corrected chi connectivity index (χ1v) is 16.4. The van der Waals surface area contributed by atoms with E-state index in [0.29, 0.717) is 25.0 Å². The summed E-state index contributed by atoms with van der Waals surface area (Å²) in [7, 11) is 1.44. The second-order valence-electron chi connectivity index (χ2n) is 13.2. The second kappa shape index (κ2) is 11.3. The topological polar surface area (TPSA) is 95.6 Å². The first-order valence-electron chi connectivity index (χ1n) is 16.4. The van der Waals surface area contributed by atoms with Crippen molar-refractivity contribution in [3.63, 3.8) is 0 Å². The Morgan fingerprint density at radius 1 is 1.02 bits per heavy atom. The molecule has 2 aliphatic carbocycles. The van der Waals surface area contributed by atoms with E-state index in [4.69, 9.17) is 19.7 Å². The normalized spacial score (nSPS) is 25.6. The number of nitrogens with one attached hydrogen (secondary N) is 1. The first kappa shape index (κ1) is 29.5. The first-order chi connectivity index (χ1) is 21.7. The Morgan fingerprint density at radius 2 is 1.76 bits per heavy atom. The molecule has 0 unspecified atom stereocenters. The average molecular weight is 603 g/mol. The van der Waals surface area contributed by atoms with Crippen molar-refractivity contribution in [1.82, 2.24) is 5.32 Å². The third kappa shape index (κ3) is 4.88. The Morgan fingerprint density at radius 3 is 2.49 bits per heavy atom. The van der Waals surface area contributed by atoms with Crippen LogP contribution in [0.5, 0.6) is 0 Å². The Kier molecular flexibility index (Phi) is 7.38. The third-order valence-electron chi connectivity index (χ3n) is 10.6. The smallest absolute Gasteiger partial charge is 0.305 e. The van der Waals surface area contributed by atoms with Crippen molar-refractivity contribution in [3.8, 4) is 0 Å². The number of aliphatic hydroxyl groups excluding tert-OH is 1. The van der Waals surface area contributed by atoms with Crippen LogP contribution in [0, 0.1) is 11.8 Å². The lowest BCUT2D eigenvalue weighted by Crippen LogP contribution is -2.16. The monoisotopic (exact) mass is 602 g/mol. The fourth-order valence-corrected chi connectivity index (χ4v) is 7.86. The number of methoxy groups -OCH3 is 1. The SMILES string of the molecule is CCC1=C(C)C2=NC1=CC1=C(C)C3=C(O)CC(=C4NC(=CC5=NC(=C2)C(C=C2CCCC2)=C5C)[C@@H](C)[C@@H]4CCC(=O)OC)C3=N1. The molecule has 0 spiro atoms. The van der Waals surface area contributed by atoms with Crippen molar-refractivity contribution in [2.45, 2.75) is 86.0 Å². The molecule has 0 radical (unpaired) electrons. The van der Waals surface area contributed by atoms with Gasteiger partial charge in [0, 0.05) is 52.8 Å². The number of carbonyl (C=O) groups excluding carboxylic acids is 1. The average Bonchev–Trinajstić information content (AvgIpc) is 3.86. The summed E-state index contributed by atoms with van der Waals surface area (Å²) < 4.78 is 5.02. The van der Waals surface area contributed by atoms with Gasteiger partial charge in [0.2, 0.25) is 0 Å². The largest absolute Gasteiger partial charge is 0.511 e. The number of aliphatic hydroxyl groups is 1. The fraction of sp³-hybridized carbons (Fsp3) is 0.421. The Hall–Kier alpha value is -4.26. The van der Waals surface area contributed by atoms with Gasteiger partial charge in [0.05, 0.1) is 41.3 Å². The van der Waals surface area contributed by atoms with E-state index in [0.717, 1.165) is 87.2 Å². The molecule has 2 fully saturated rings. The summed E-state index contributed by atoms with van der Waals surface area (Å²) in [5, 5.41) is 15.0. The molecule has 0 aromatic carbocycles. The van der Waals surface area contributed by atoms with Crippen LogP contribution in [0.3, 0.4) is 0 Å². The van der Waals surface area contributed by atoms with Crippen LogP contribution in [0.25, 0.3) is 0 Å². The van der Waals surface area contributed by atoms with Gasteiger partial charge in [-0.05, 0) is 99.8 Å². The molecule has 0 aromatic rings. The van der Waals surface area contributed by atoms with E-state index < -0.39 is 0 Å². The fourth-order valence-electron chi connectivity index (χ4n) is 7.86. The highest BCUT2D eigenvalue weighted by molar-refractivity contribution is 6.21. The van der Waals surface area contributed by atoms with Crippen LogP contribution in [0.4, 0.5) is 0 Å². The zero-order valence-corrected chi connectivity index (χ0v) is 27.2. The van der Waals surface area contributed by atoms with E-state index in [2.05, 4.69) is 57.3 Å². The van der Waals surface area contributed by atoms with Crippen LogP contribution in [0.1, 0.15) is 86.0 Å². The molecule has 5 heterocycles. The molecule has 7 nitrogen and oxygen atoms in total. The highest BCUT2D eigenvalue weighted by atomic mass is 16.5. The standard InChI is InChI=1S/C38H42N4O3/c1-7-24-19(2)29-17-33-26(14-23-10-8-9-11-23)21(4)28(40-33)16-30-20(3)25(12-13-35(44)45-6)37(41-30)27-15-34(43)36-22(5)31(42-38(27)36)18-32(24)39-29/h14,16-18,20,25,41,43H,7-13,15H2,1-6H3/t20-,25-/m0/s1. The molecule has 0 amide bonds. The molecule has 232 valence electrons. The molecule has 2 N–H and O–H groups in total. The summed E-state index contributed by atoms with van der Waals surface area (Å²) in [4.78, 5) is 27.8. The summed E-state index contributed by atoms with van der Waals surface area (Å²) in [5.41, 5.74) is 16.5. The van der Waals surface area contributed by atoms with Gasteiger partial charge in [0.25, 0.3) is 0 Å². The molecule has 5 aliphatic heterocycles. The molecular weight excluding hydrogens is 560 g/mol. The molecule has 7 heteroatoms. The van der Waals surface area contributed by atoms with E-state index in [1.54, 1.807) is 0 Å². The maximum absolute atomic E-state index is 12.3. The van der Waals surface area contributed by atoms with Crippen LogP contribution >= 0.6 is 0 Å². The Balaban J connectivity index is 1.45. The lowest BCUT2D eigenvalue weighted by molar-refractivity contribution is -0.140. The number of hydrogen-bond acceptors (Lipinski definition) is 7. The molecule has 7 aliphatic rings. The molecule has 0 aromatic heterocycles. The zero-order valence-electron chi connectivity index (χ0n) is 27.2. The van der Waals surface area contributed by atoms with Gasteiger partial charge in [0.15, 0.2) is 0 Å². The third-order valence-corrected chi connectivity index (χ3v) is 10.6. The molecular formula is C38H42N4O3. The molecule has 1 saturated heterocycles. The quantitative estimate of drug-likeness (QED) is 0.311. The van der Waals surface area contributed by atoms with Crippen LogP contribution in [0.15, 0.2) is 118 Å². The number of hydrogen-bond donors (Lipinski definition) is 2. The van der Waals surface area contributed by atoms with E-state index in [-0.39, 0.29) is 17.8 Å². The van der Waals surface area contributed by atoms with E-state index in [1.807, 2.05) is 6.92 Å². The van der Waals surface area contributed by atoms with Crippen molar-refractivity contribution in [1.29, 1.82) is 0 Å². The second-order valence-corrected chi connectivity index (χ2v) is 13.2. The van der Waals surface area contributed by atoms with Crippen LogP contribution in [0.2, 0.25) is 0 Å². The summed E-state index contributed by atoms with van der Waals surface area (Å²) in [5.74, 6) is 0.272. The van der Waals surface area contributed by atoms with Crippen molar-refractivity contribution in [3.05, 3.63) is 103 Å². The maximum Gasteiger partial charge on any atom is 0.305 e. The van der Waals surface area contributed by atoms with Crippen LogP contribution < -0.4 is 5.32 Å². The molecule has 2 atom stereocenters. The van der Waals surface area contributed by atoms with Crippen molar-refractivity contribution >= 4 is 23.1 Å². The van der Waals surface area contributed by atoms with Gasteiger partial charge in [-0.3, -0.25) is 4.79 Å². The van der Waals surface area contributed by atoms with Gasteiger partial charge < -0.3 is 15.2 Å². The number of carbonyl (C=O) groups is 1. The highest BCUT2D eigenvalue weighted by Crippen LogP contribution is 2.46. The van der Waals surface area contributed by atoms with Gasteiger partial charge >= 0.3 is 5.97 Å². The molecule has 1 saturated carbocycles. The minimum atomic E-state index is -0.218. The predicted molar refractivity (Wildman–Crippen MR) is 180 cm³/mol. The van der Waals surface area contributed by atoms with Gasteiger partial charge in [-0.15, -0.1) is 0 Å². The number of esters is 1. The summed E-state index contributed by atoms with van der Waals surface area (Å²) in [6.45, 7) is 10.8. The predicted octanol–water partition coefficient (Wildman–Crippen LogP) is 8.11. The highest BCUT2D eigenvalue weighted by Gasteiger charge is 2.41. The van der Waals surface area contributed by atoms with Gasteiger partial charge in [-0.1, -0.05) is 25.5 Å². The van der Waals surface area contributed by atoms with E-state index in [9.17, 15) is 9.90 Å². The number of rotatable bonds is 5. The molecule has 45 heavy (non-hydrogen) atoms. The minimum Gasteiger partial charge on any atom is -0.511 e. The summed E-state index contributed by atoms with van der Waals surface area (Å²) in [6, 6.07) is 0. The van der Waals surface area contributed by atoms with E-state index in [1.165, 1.54) is 42.2 Å². The Bertz CT molecular complexity index is 1820. The van der Waals surface area contributed by atoms with Crippen LogP contribution in [-0.2, 0) is 9.53 Å². The van der Waals surface area contributed by atoms with Gasteiger partial charge in [0.1, 0.15) is 5.76 Å². The zero-order chi connectivity index (χ0) is 31.6. The van der Waals surface area contributed by atoms with Crippen molar-refractivity contribution in [2.75, 3.05) is 7.11 Å². The molecule has 7 rings (SSSR count). The van der Waals surface area contributed by atoms with Gasteiger partial charge in [-0.2, -0.15) is 0 Å². The van der Waals surface area contributed by atoms with Crippen LogP contribution in [-0.4, -0.2) is 35.3 Å². The lowest BCUT2D eigenvalue weighted by atomic mass is 9.86. The Labute approximate surface area is 265 Å². The lowest BCUT2D eigenvalue weighted by Gasteiger charge is -2.17. The number of allylic oxidation sites excluding steroid dienone is 13. The minimum absolute atomic E-state index is 0.0406. The van der Waals surface area contributed by atoms with E-state index >= 15 is 0 Å². The number of nitrogens with zero attached hydrogens (tertiary/aromatic N) is 3. The maximum atomic E-state index is 12.3. The summed E-state index contributed by atoms with van der Waals surface area (Å²) in [6.07, 6.45) is 15.8. The number of ether oxygens (including phenoxy) is 1. The number of fused-ring (bicyclic) bond motifs is 5. The molecule has 8 bridgehead atoms. The van der Waals surface area contributed by atoms with Crippen molar-refractivity contribution < 1.29 is 14.6 Å². The number of aliphatic imine (C=N–C) groups is 3. The summed E-state index contributed by atoms with van der Waals surface area (Å²) >= 11 is 0. The van der Waals surface area contributed by atoms with Crippen molar-refractivity contribution in [2.24, 2.45) is 26.8 Å².